The first kappa shape index (κ1) is 11.2. The van der Waals surface area contributed by atoms with Crippen LogP contribution in [0.15, 0.2) is 16.7 Å². The zero-order chi connectivity index (χ0) is 11.4. The fourth-order valence-electron chi connectivity index (χ4n) is 1.84. The number of piperazine rings is 1. The van der Waals surface area contributed by atoms with E-state index in [-0.39, 0.29) is 0 Å². The average molecular weight is 224 g/mol. The predicted octanol–water partition coefficient (Wildman–Crippen LogP) is 0.471. The van der Waals surface area contributed by atoms with Gasteiger partial charge in [-0.05, 0) is 6.07 Å². The van der Waals surface area contributed by atoms with E-state index in [1.807, 2.05) is 6.07 Å². The highest BCUT2D eigenvalue weighted by molar-refractivity contribution is 5.87. The van der Waals surface area contributed by atoms with E-state index in [0.717, 1.165) is 38.3 Å². The minimum absolute atomic E-state index is 0.320. The summed E-state index contributed by atoms with van der Waals surface area (Å²) in [5, 5.41) is 3.29. The highest BCUT2D eigenvalue weighted by atomic mass is 16.5. The maximum absolute atomic E-state index is 11.4. The van der Waals surface area contributed by atoms with Gasteiger partial charge in [-0.15, -0.1) is 0 Å². The zero-order valence-corrected chi connectivity index (χ0v) is 9.36. The summed E-state index contributed by atoms with van der Waals surface area (Å²) < 4.78 is 9.80. The van der Waals surface area contributed by atoms with Crippen molar-refractivity contribution in [1.29, 1.82) is 0 Å². The van der Waals surface area contributed by atoms with Gasteiger partial charge in [-0.1, -0.05) is 0 Å². The summed E-state index contributed by atoms with van der Waals surface area (Å²) in [5.41, 5.74) is 0.897. The van der Waals surface area contributed by atoms with Gasteiger partial charge in [-0.25, -0.2) is 4.79 Å². The molecule has 1 aromatic rings. The number of rotatable bonds is 3. The number of carbonyl (C=O) groups is 1. The largest absolute Gasteiger partial charge is 0.463 e. The van der Waals surface area contributed by atoms with E-state index in [4.69, 9.17) is 4.42 Å². The van der Waals surface area contributed by atoms with Crippen LogP contribution in [0.5, 0.6) is 0 Å². The van der Waals surface area contributed by atoms with Crippen molar-refractivity contribution in [3.63, 3.8) is 0 Å². The first-order chi connectivity index (χ1) is 7.81. The van der Waals surface area contributed by atoms with Crippen molar-refractivity contribution >= 4 is 5.97 Å². The van der Waals surface area contributed by atoms with E-state index < -0.39 is 5.97 Å². The van der Waals surface area contributed by atoms with Crippen LogP contribution >= 0.6 is 0 Å². The third-order valence-electron chi connectivity index (χ3n) is 2.72. The molecule has 0 spiro atoms. The summed E-state index contributed by atoms with van der Waals surface area (Å²) in [6.07, 6.45) is 1.53. The lowest BCUT2D eigenvalue weighted by Crippen LogP contribution is -2.43. The Morgan fingerprint density at radius 1 is 1.56 bits per heavy atom. The Morgan fingerprint density at radius 3 is 3.00 bits per heavy atom. The molecule has 5 heteroatoms. The van der Waals surface area contributed by atoms with Crippen molar-refractivity contribution in [1.82, 2.24) is 10.2 Å². The molecule has 0 atom stereocenters. The molecule has 0 unspecified atom stereocenters. The van der Waals surface area contributed by atoms with Gasteiger partial charge in [0.2, 0.25) is 5.76 Å². The smallest absolute Gasteiger partial charge is 0.374 e. The Kier molecular flexibility index (Phi) is 3.58. The van der Waals surface area contributed by atoms with Crippen LogP contribution in [-0.4, -0.2) is 44.2 Å². The monoisotopic (exact) mass is 224 g/mol. The second kappa shape index (κ2) is 5.14. The first-order valence-electron chi connectivity index (χ1n) is 5.39. The van der Waals surface area contributed by atoms with E-state index in [2.05, 4.69) is 15.0 Å². The molecule has 1 fully saturated rings. The fraction of sp³-hybridized carbons (Fsp3) is 0.545. The number of methoxy groups -OCH3 is 1. The molecule has 0 bridgehead atoms. The SMILES string of the molecule is COC(=O)c1occc1CN1CCNCC1. The van der Waals surface area contributed by atoms with E-state index in [1.54, 1.807) is 0 Å². The first-order valence-corrected chi connectivity index (χ1v) is 5.39. The zero-order valence-electron chi connectivity index (χ0n) is 9.36. The highest BCUT2D eigenvalue weighted by Crippen LogP contribution is 2.14. The molecule has 1 saturated heterocycles. The number of nitrogens with one attached hydrogen (secondary N) is 1. The minimum atomic E-state index is -0.407. The number of ether oxygens (including phenoxy) is 1. The molecule has 2 rings (SSSR count). The molecular formula is C11H16N2O3. The number of carbonyl (C=O) groups excluding carboxylic acids is 1. The molecule has 88 valence electrons. The van der Waals surface area contributed by atoms with E-state index in [9.17, 15) is 4.79 Å². The van der Waals surface area contributed by atoms with Crippen LogP contribution in [0, 0.1) is 0 Å². The molecule has 1 aliphatic heterocycles. The lowest BCUT2D eigenvalue weighted by Gasteiger charge is -2.26. The molecule has 2 heterocycles. The Bertz CT molecular complexity index is 356. The molecule has 1 N–H and O–H groups in total. The van der Waals surface area contributed by atoms with E-state index in [1.165, 1.54) is 13.4 Å². The molecule has 0 aromatic carbocycles. The molecule has 0 aliphatic carbocycles. The standard InChI is InChI=1S/C11H16N2O3/c1-15-11(14)10-9(2-7-16-10)8-13-5-3-12-4-6-13/h2,7,12H,3-6,8H2,1H3. The Labute approximate surface area is 94.4 Å². The van der Waals surface area contributed by atoms with Gasteiger partial charge in [-0.2, -0.15) is 0 Å². The lowest BCUT2D eigenvalue weighted by atomic mass is 10.2. The predicted molar refractivity (Wildman–Crippen MR) is 58.2 cm³/mol. The Hall–Kier alpha value is -1.33. The number of hydrogen-bond acceptors (Lipinski definition) is 5. The fourth-order valence-corrected chi connectivity index (χ4v) is 1.84. The van der Waals surface area contributed by atoms with Crippen molar-refractivity contribution in [3.05, 3.63) is 23.7 Å². The van der Waals surface area contributed by atoms with Crippen LogP contribution in [0.25, 0.3) is 0 Å². The quantitative estimate of drug-likeness (QED) is 0.756. The summed E-state index contributed by atoms with van der Waals surface area (Å²) >= 11 is 0. The summed E-state index contributed by atoms with van der Waals surface area (Å²) in [4.78, 5) is 13.7. The van der Waals surface area contributed by atoms with Gasteiger partial charge in [0.25, 0.3) is 0 Å². The molecule has 16 heavy (non-hydrogen) atoms. The van der Waals surface area contributed by atoms with Gasteiger partial charge in [0.15, 0.2) is 0 Å². The molecule has 0 amide bonds. The number of esters is 1. The van der Waals surface area contributed by atoms with Gasteiger partial charge in [0, 0.05) is 38.3 Å². The van der Waals surface area contributed by atoms with Crippen molar-refractivity contribution < 1.29 is 13.9 Å². The molecule has 5 nitrogen and oxygen atoms in total. The highest BCUT2D eigenvalue weighted by Gasteiger charge is 2.18. The van der Waals surface area contributed by atoms with Gasteiger partial charge in [-0.3, -0.25) is 4.90 Å². The van der Waals surface area contributed by atoms with Crippen LogP contribution in [0.4, 0.5) is 0 Å². The third kappa shape index (κ3) is 2.43. The van der Waals surface area contributed by atoms with Gasteiger partial charge in [0.05, 0.1) is 13.4 Å². The van der Waals surface area contributed by atoms with Gasteiger partial charge < -0.3 is 14.5 Å². The van der Waals surface area contributed by atoms with Crippen LogP contribution in [0.1, 0.15) is 16.1 Å². The van der Waals surface area contributed by atoms with E-state index in [0.29, 0.717) is 5.76 Å². The Balaban J connectivity index is 2.03. The third-order valence-corrected chi connectivity index (χ3v) is 2.72. The van der Waals surface area contributed by atoms with Crippen LogP contribution < -0.4 is 5.32 Å². The number of hydrogen-bond donors (Lipinski definition) is 1. The second-order valence-electron chi connectivity index (χ2n) is 3.79. The maximum Gasteiger partial charge on any atom is 0.374 e. The maximum atomic E-state index is 11.4. The van der Waals surface area contributed by atoms with Gasteiger partial charge in [0.1, 0.15) is 0 Å². The van der Waals surface area contributed by atoms with Crippen LogP contribution in [0.3, 0.4) is 0 Å². The lowest BCUT2D eigenvalue weighted by molar-refractivity contribution is 0.0561. The number of furan rings is 1. The normalized spacial score (nSPS) is 17.3. The summed E-state index contributed by atoms with van der Waals surface area (Å²) in [7, 11) is 1.36. The van der Waals surface area contributed by atoms with Crippen LogP contribution in [-0.2, 0) is 11.3 Å². The average Bonchev–Trinajstić information content (AvgIpc) is 2.77. The summed E-state index contributed by atoms with van der Waals surface area (Å²) in [6, 6.07) is 1.83. The minimum Gasteiger partial charge on any atom is -0.463 e. The van der Waals surface area contributed by atoms with Gasteiger partial charge >= 0.3 is 5.97 Å². The summed E-state index contributed by atoms with van der Waals surface area (Å²) in [5.74, 6) is -0.0869. The van der Waals surface area contributed by atoms with Crippen molar-refractivity contribution in [2.45, 2.75) is 6.54 Å². The summed E-state index contributed by atoms with van der Waals surface area (Å²) in [6.45, 7) is 4.71. The second-order valence-corrected chi connectivity index (χ2v) is 3.79. The molecule has 0 saturated carbocycles. The van der Waals surface area contributed by atoms with Crippen molar-refractivity contribution in [3.8, 4) is 0 Å². The number of nitrogens with zero attached hydrogens (tertiary/aromatic N) is 1. The molecule has 0 radical (unpaired) electrons. The molecule has 1 aromatic heterocycles. The van der Waals surface area contributed by atoms with Crippen molar-refractivity contribution in [2.75, 3.05) is 33.3 Å². The topological polar surface area (TPSA) is 54.7 Å². The van der Waals surface area contributed by atoms with Crippen molar-refractivity contribution in [2.24, 2.45) is 0 Å². The van der Waals surface area contributed by atoms with E-state index >= 15 is 0 Å². The Morgan fingerprint density at radius 2 is 2.31 bits per heavy atom. The van der Waals surface area contributed by atoms with Crippen LogP contribution in [0.2, 0.25) is 0 Å². The molecule has 1 aliphatic rings. The molecular weight excluding hydrogens is 208 g/mol.